The van der Waals surface area contributed by atoms with Crippen LogP contribution in [0, 0.1) is 6.92 Å². The standard InChI is InChI=1S/C14H15F2N3O/c1-9-4-3-5-10(6-9)7-17-14(20)11-8-19(2)18-12(11)13(15)16/h3-6,8,13H,7H2,1-2H3,(H,17,20). The van der Waals surface area contributed by atoms with Gasteiger partial charge in [0, 0.05) is 19.8 Å². The molecule has 0 radical (unpaired) electrons. The van der Waals surface area contributed by atoms with E-state index in [1.807, 2.05) is 31.2 Å². The average molecular weight is 279 g/mol. The zero-order chi connectivity index (χ0) is 14.7. The Morgan fingerprint density at radius 1 is 1.45 bits per heavy atom. The Morgan fingerprint density at radius 3 is 2.85 bits per heavy atom. The summed E-state index contributed by atoms with van der Waals surface area (Å²) in [5.41, 5.74) is 1.41. The molecule has 1 aromatic carbocycles. The molecule has 0 atom stereocenters. The van der Waals surface area contributed by atoms with Crippen LogP contribution in [-0.2, 0) is 13.6 Å². The van der Waals surface area contributed by atoms with Crippen molar-refractivity contribution >= 4 is 5.91 Å². The van der Waals surface area contributed by atoms with E-state index in [1.165, 1.54) is 17.9 Å². The second-order valence-corrected chi connectivity index (χ2v) is 4.57. The number of rotatable bonds is 4. The molecule has 1 N–H and O–H groups in total. The molecule has 1 aromatic heterocycles. The van der Waals surface area contributed by atoms with Crippen LogP contribution in [-0.4, -0.2) is 15.7 Å². The summed E-state index contributed by atoms with van der Waals surface area (Å²) in [5, 5.41) is 6.23. The zero-order valence-corrected chi connectivity index (χ0v) is 11.2. The second-order valence-electron chi connectivity index (χ2n) is 4.57. The van der Waals surface area contributed by atoms with Crippen LogP contribution in [0.4, 0.5) is 8.78 Å². The number of hydrogen-bond donors (Lipinski definition) is 1. The molecule has 1 amide bonds. The van der Waals surface area contributed by atoms with Gasteiger partial charge in [0.15, 0.2) is 0 Å². The predicted octanol–water partition coefficient (Wildman–Crippen LogP) is 2.60. The highest BCUT2D eigenvalue weighted by Gasteiger charge is 2.22. The van der Waals surface area contributed by atoms with E-state index >= 15 is 0 Å². The van der Waals surface area contributed by atoms with Gasteiger partial charge in [-0.05, 0) is 12.5 Å². The van der Waals surface area contributed by atoms with Crippen molar-refractivity contribution in [3.63, 3.8) is 0 Å². The van der Waals surface area contributed by atoms with Crippen LogP contribution in [0.5, 0.6) is 0 Å². The molecular formula is C14H15F2N3O. The largest absolute Gasteiger partial charge is 0.348 e. The van der Waals surface area contributed by atoms with E-state index in [1.54, 1.807) is 0 Å². The number of nitrogens with one attached hydrogen (secondary N) is 1. The number of hydrogen-bond acceptors (Lipinski definition) is 2. The zero-order valence-electron chi connectivity index (χ0n) is 11.2. The molecule has 0 saturated heterocycles. The summed E-state index contributed by atoms with van der Waals surface area (Å²) < 4.78 is 26.7. The molecule has 0 fully saturated rings. The maximum absolute atomic E-state index is 12.8. The molecule has 4 nitrogen and oxygen atoms in total. The highest BCUT2D eigenvalue weighted by molar-refractivity contribution is 5.95. The van der Waals surface area contributed by atoms with Crippen LogP contribution in [0.1, 0.15) is 33.6 Å². The van der Waals surface area contributed by atoms with E-state index in [2.05, 4.69) is 10.4 Å². The molecule has 106 valence electrons. The third kappa shape index (κ3) is 3.20. The molecule has 2 aromatic rings. The van der Waals surface area contributed by atoms with Gasteiger partial charge < -0.3 is 5.32 Å². The van der Waals surface area contributed by atoms with Crippen LogP contribution < -0.4 is 5.32 Å². The highest BCUT2D eigenvalue weighted by Crippen LogP contribution is 2.20. The van der Waals surface area contributed by atoms with Crippen LogP contribution in [0.2, 0.25) is 0 Å². The fourth-order valence-electron chi connectivity index (χ4n) is 1.94. The number of aromatic nitrogens is 2. The Morgan fingerprint density at radius 2 is 2.20 bits per heavy atom. The van der Waals surface area contributed by atoms with Crippen LogP contribution >= 0.6 is 0 Å². The van der Waals surface area contributed by atoms with Gasteiger partial charge in [0.25, 0.3) is 12.3 Å². The number of nitrogens with zero attached hydrogens (tertiary/aromatic N) is 2. The van der Waals surface area contributed by atoms with Crippen LogP contribution in [0.15, 0.2) is 30.5 Å². The summed E-state index contributed by atoms with van der Waals surface area (Å²) in [4.78, 5) is 11.9. The lowest BCUT2D eigenvalue weighted by atomic mass is 10.1. The van der Waals surface area contributed by atoms with Crippen molar-refractivity contribution in [2.75, 3.05) is 0 Å². The van der Waals surface area contributed by atoms with E-state index in [4.69, 9.17) is 0 Å². The molecule has 0 unspecified atom stereocenters. The SMILES string of the molecule is Cc1cccc(CNC(=O)c2cn(C)nc2C(F)F)c1. The quantitative estimate of drug-likeness (QED) is 0.935. The highest BCUT2D eigenvalue weighted by atomic mass is 19.3. The third-order valence-corrected chi connectivity index (χ3v) is 2.84. The molecule has 2 rings (SSSR count). The molecule has 0 aliphatic carbocycles. The molecule has 0 aliphatic rings. The van der Waals surface area contributed by atoms with Crippen molar-refractivity contribution in [1.29, 1.82) is 0 Å². The van der Waals surface area contributed by atoms with E-state index < -0.39 is 18.0 Å². The van der Waals surface area contributed by atoms with Crippen LogP contribution in [0.3, 0.4) is 0 Å². The van der Waals surface area contributed by atoms with E-state index in [-0.39, 0.29) is 12.1 Å². The number of alkyl halides is 2. The van der Waals surface area contributed by atoms with Gasteiger partial charge in [-0.1, -0.05) is 29.8 Å². The van der Waals surface area contributed by atoms with E-state index in [0.29, 0.717) is 0 Å². The summed E-state index contributed by atoms with van der Waals surface area (Å²) in [7, 11) is 1.50. The summed E-state index contributed by atoms with van der Waals surface area (Å²) in [6.45, 7) is 2.24. The molecule has 0 aliphatic heterocycles. The minimum absolute atomic E-state index is 0.0878. The molecule has 6 heteroatoms. The number of halogens is 2. The Hall–Kier alpha value is -2.24. The summed E-state index contributed by atoms with van der Waals surface area (Å²) >= 11 is 0. The lowest BCUT2D eigenvalue weighted by Gasteiger charge is -2.06. The third-order valence-electron chi connectivity index (χ3n) is 2.84. The Balaban J connectivity index is 2.09. The van der Waals surface area contributed by atoms with Crippen molar-refractivity contribution in [2.45, 2.75) is 19.9 Å². The second kappa shape index (κ2) is 5.81. The first-order valence-corrected chi connectivity index (χ1v) is 6.13. The summed E-state index contributed by atoms with van der Waals surface area (Å²) in [6, 6.07) is 7.62. The van der Waals surface area contributed by atoms with Gasteiger partial charge in [0.2, 0.25) is 0 Å². The fraction of sp³-hybridized carbons (Fsp3) is 0.286. The van der Waals surface area contributed by atoms with E-state index in [9.17, 15) is 13.6 Å². The maximum atomic E-state index is 12.8. The van der Waals surface area contributed by atoms with Gasteiger partial charge in [-0.3, -0.25) is 9.48 Å². The number of carbonyl (C=O) groups excluding carboxylic acids is 1. The van der Waals surface area contributed by atoms with Crippen molar-refractivity contribution in [3.05, 3.63) is 52.8 Å². The first-order chi connectivity index (χ1) is 9.47. The minimum atomic E-state index is -2.77. The summed E-state index contributed by atoms with van der Waals surface area (Å²) in [5.74, 6) is -0.546. The predicted molar refractivity (Wildman–Crippen MR) is 70.5 cm³/mol. The van der Waals surface area contributed by atoms with Crippen molar-refractivity contribution in [2.24, 2.45) is 7.05 Å². The Kier molecular flexibility index (Phi) is 4.12. The molecular weight excluding hydrogens is 264 g/mol. The van der Waals surface area contributed by atoms with Gasteiger partial charge in [0.1, 0.15) is 5.69 Å². The van der Waals surface area contributed by atoms with Crippen molar-refractivity contribution in [3.8, 4) is 0 Å². The molecule has 20 heavy (non-hydrogen) atoms. The van der Waals surface area contributed by atoms with Crippen molar-refractivity contribution < 1.29 is 13.6 Å². The van der Waals surface area contributed by atoms with Gasteiger partial charge in [-0.15, -0.1) is 0 Å². The fourth-order valence-corrected chi connectivity index (χ4v) is 1.94. The van der Waals surface area contributed by atoms with Crippen molar-refractivity contribution in [1.82, 2.24) is 15.1 Å². The minimum Gasteiger partial charge on any atom is -0.348 e. The molecule has 0 spiro atoms. The lowest BCUT2D eigenvalue weighted by Crippen LogP contribution is -2.23. The van der Waals surface area contributed by atoms with Gasteiger partial charge in [0.05, 0.1) is 5.56 Å². The number of amides is 1. The van der Waals surface area contributed by atoms with Gasteiger partial charge in [-0.2, -0.15) is 5.10 Å². The normalized spacial score (nSPS) is 10.8. The maximum Gasteiger partial charge on any atom is 0.282 e. The topological polar surface area (TPSA) is 46.9 Å². The molecule has 1 heterocycles. The summed E-state index contributed by atoms with van der Waals surface area (Å²) in [6.07, 6.45) is -1.47. The van der Waals surface area contributed by atoms with Crippen LogP contribution in [0.25, 0.3) is 0 Å². The van der Waals surface area contributed by atoms with Gasteiger partial charge in [-0.25, -0.2) is 8.78 Å². The first-order valence-electron chi connectivity index (χ1n) is 6.13. The molecule has 0 saturated carbocycles. The number of aryl methyl sites for hydroxylation is 2. The average Bonchev–Trinajstić information content (AvgIpc) is 2.78. The number of carbonyl (C=O) groups is 1. The first kappa shape index (κ1) is 14.2. The van der Waals surface area contributed by atoms with E-state index in [0.717, 1.165) is 11.1 Å². The lowest BCUT2D eigenvalue weighted by molar-refractivity contribution is 0.0936. The smallest absolute Gasteiger partial charge is 0.282 e. The van der Waals surface area contributed by atoms with Gasteiger partial charge >= 0.3 is 0 Å². The Bertz CT molecular complexity index is 623. The Labute approximate surface area is 115 Å². The number of benzene rings is 1. The molecule has 0 bridgehead atoms. The monoisotopic (exact) mass is 279 g/mol.